The molecule has 0 saturated carbocycles. The van der Waals surface area contributed by atoms with E-state index in [1.54, 1.807) is 0 Å². The summed E-state index contributed by atoms with van der Waals surface area (Å²) >= 11 is 0. The van der Waals surface area contributed by atoms with E-state index in [2.05, 4.69) is 20.0 Å². The maximum Gasteiger partial charge on any atom is 0.312 e. The Morgan fingerprint density at radius 1 is 1.75 bits per heavy atom. The van der Waals surface area contributed by atoms with Crippen molar-refractivity contribution < 1.29 is 19.2 Å². The van der Waals surface area contributed by atoms with Gasteiger partial charge in [0.05, 0.1) is 0 Å². The molecule has 7 heteroatoms. The Bertz CT molecular complexity index is 295. The van der Waals surface area contributed by atoms with Crippen LogP contribution in [0.3, 0.4) is 0 Å². The van der Waals surface area contributed by atoms with Gasteiger partial charge in [-0.2, -0.15) is 4.98 Å². The Labute approximate surface area is 66.4 Å². The van der Waals surface area contributed by atoms with Gasteiger partial charge in [-0.25, -0.2) is 0 Å². The highest BCUT2D eigenvalue weighted by molar-refractivity contribution is 5.69. The van der Waals surface area contributed by atoms with E-state index in [0.29, 0.717) is 6.41 Å². The average Bonchev–Trinajstić information content (AvgIpc) is 2.36. The smallest absolute Gasteiger partial charge is 0.312 e. The number of hydrogen-bond donors (Lipinski definition) is 2. The molecule has 0 aromatic carbocycles. The van der Waals surface area contributed by atoms with Gasteiger partial charge >= 0.3 is 5.97 Å². The fourth-order valence-electron chi connectivity index (χ4n) is 0.567. The SMILES string of the molecule is O=CNc1noc(CC(=O)O)n1. The summed E-state index contributed by atoms with van der Waals surface area (Å²) in [6, 6.07) is 0. The second-order valence-corrected chi connectivity index (χ2v) is 1.84. The molecule has 0 bridgehead atoms. The van der Waals surface area contributed by atoms with E-state index >= 15 is 0 Å². The number of nitrogens with one attached hydrogen (secondary N) is 1. The zero-order valence-electron chi connectivity index (χ0n) is 5.85. The van der Waals surface area contributed by atoms with Crippen LogP contribution >= 0.6 is 0 Å². The molecule has 0 atom stereocenters. The predicted octanol–water partition coefficient (Wildman–Crippen LogP) is -0.735. The Morgan fingerprint density at radius 2 is 2.50 bits per heavy atom. The minimum atomic E-state index is -1.07. The van der Waals surface area contributed by atoms with E-state index in [4.69, 9.17) is 5.11 Å². The number of anilines is 1. The molecule has 1 aromatic heterocycles. The van der Waals surface area contributed by atoms with Crippen LogP contribution in [0.5, 0.6) is 0 Å². The quantitative estimate of drug-likeness (QED) is 0.578. The molecule has 1 rings (SSSR count). The number of aliphatic carboxylic acids is 1. The van der Waals surface area contributed by atoms with Crippen molar-refractivity contribution in [2.24, 2.45) is 0 Å². The highest BCUT2D eigenvalue weighted by atomic mass is 16.5. The number of hydrogen-bond acceptors (Lipinski definition) is 5. The first kappa shape index (κ1) is 8.18. The van der Waals surface area contributed by atoms with Crippen LogP contribution in [0.1, 0.15) is 5.89 Å². The molecule has 0 radical (unpaired) electrons. The van der Waals surface area contributed by atoms with Gasteiger partial charge in [0.1, 0.15) is 6.42 Å². The first-order valence-electron chi connectivity index (χ1n) is 2.97. The molecule has 1 amide bonds. The summed E-state index contributed by atoms with van der Waals surface area (Å²) in [5.74, 6) is -1.16. The first-order chi connectivity index (χ1) is 5.72. The van der Waals surface area contributed by atoms with Crippen molar-refractivity contribution in [3.63, 3.8) is 0 Å². The molecule has 0 aliphatic heterocycles. The molecule has 0 spiro atoms. The summed E-state index contributed by atoms with van der Waals surface area (Å²) < 4.78 is 4.46. The lowest BCUT2D eigenvalue weighted by atomic mass is 10.4. The summed E-state index contributed by atoms with van der Waals surface area (Å²) in [4.78, 5) is 23.5. The summed E-state index contributed by atoms with van der Waals surface area (Å²) in [5, 5.41) is 13.7. The lowest BCUT2D eigenvalue weighted by Crippen LogP contribution is -2.00. The van der Waals surface area contributed by atoms with Crippen LogP contribution in [0, 0.1) is 0 Å². The molecule has 0 saturated heterocycles. The van der Waals surface area contributed by atoms with E-state index in [-0.39, 0.29) is 18.3 Å². The standard InChI is InChI=1S/C5H5N3O4/c9-2-6-5-7-3(12-8-5)1-4(10)11/h2H,1H2,(H,10,11)(H,6,8,9). The Balaban J connectivity index is 2.63. The lowest BCUT2D eigenvalue weighted by molar-refractivity contribution is -0.136. The van der Waals surface area contributed by atoms with Gasteiger partial charge in [0.2, 0.25) is 12.3 Å². The van der Waals surface area contributed by atoms with Crippen molar-refractivity contribution >= 4 is 18.3 Å². The second-order valence-electron chi connectivity index (χ2n) is 1.84. The van der Waals surface area contributed by atoms with Crippen LogP contribution in [0.25, 0.3) is 0 Å². The molecule has 64 valence electrons. The Morgan fingerprint density at radius 3 is 3.08 bits per heavy atom. The monoisotopic (exact) mass is 171 g/mol. The van der Waals surface area contributed by atoms with E-state index in [1.807, 2.05) is 0 Å². The van der Waals surface area contributed by atoms with Gasteiger partial charge in [-0.1, -0.05) is 0 Å². The van der Waals surface area contributed by atoms with Crippen LogP contribution in [-0.4, -0.2) is 27.6 Å². The molecular formula is C5H5N3O4. The zero-order chi connectivity index (χ0) is 8.97. The number of rotatable bonds is 4. The first-order valence-corrected chi connectivity index (χ1v) is 2.97. The molecule has 0 aliphatic rings. The van der Waals surface area contributed by atoms with Gasteiger partial charge < -0.3 is 9.63 Å². The third-order valence-electron chi connectivity index (χ3n) is 0.959. The van der Waals surface area contributed by atoms with Gasteiger partial charge in [0, 0.05) is 0 Å². The van der Waals surface area contributed by atoms with Gasteiger partial charge in [-0.3, -0.25) is 14.9 Å². The van der Waals surface area contributed by atoms with Gasteiger partial charge in [-0.15, -0.1) is 0 Å². The average molecular weight is 171 g/mol. The van der Waals surface area contributed by atoms with Gasteiger partial charge in [0.25, 0.3) is 5.95 Å². The maximum absolute atomic E-state index is 10.1. The fraction of sp³-hybridized carbons (Fsp3) is 0.200. The molecule has 1 heterocycles. The summed E-state index contributed by atoms with van der Waals surface area (Å²) in [6.45, 7) is 0. The number of nitrogens with zero attached hydrogens (tertiary/aromatic N) is 2. The number of carbonyl (C=O) groups excluding carboxylic acids is 1. The minimum absolute atomic E-state index is 0.0405. The number of carboxylic acids is 1. The summed E-state index contributed by atoms with van der Waals surface area (Å²) in [5.41, 5.74) is 0. The number of amides is 1. The molecule has 2 N–H and O–H groups in total. The van der Waals surface area contributed by atoms with E-state index in [0.717, 1.165) is 0 Å². The van der Waals surface area contributed by atoms with Crippen molar-refractivity contribution in [2.75, 3.05) is 5.32 Å². The highest BCUT2D eigenvalue weighted by Crippen LogP contribution is 2.01. The zero-order valence-corrected chi connectivity index (χ0v) is 5.85. The third kappa shape index (κ3) is 2.04. The van der Waals surface area contributed by atoms with Crippen molar-refractivity contribution in [3.05, 3.63) is 5.89 Å². The summed E-state index contributed by atoms with van der Waals surface area (Å²) in [6.07, 6.45) is 0.0168. The van der Waals surface area contributed by atoms with E-state index in [9.17, 15) is 9.59 Å². The third-order valence-corrected chi connectivity index (χ3v) is 0.959. The second kappa shape index (κ2) is 3.46. The van der Waals surface area contributed by atoms with Crippen molar-refractivity contribution in [1.82, 2.24) is 10.1 Å². The maximum atomic E-state index is 10.1. The van der Waals surface area contributed by atoms with Crippen LogP contribution < -0.4 is 5.32 Å². The lowest BCUT2D eigenvalue weighted by Gasteiger charge is -1.83. The predicted molar refractivity (Wildman–Crippen MR) is 35.3 cm³/mol. The molecule has 0 fully saturated rings. The van der Waals surface area contributed by atoms with E-state index in [1.165, 1.54) is 0 Å². The number of aromatic nitrogens is 2. The van der Waals surface area contributed by atoms with Gasteiger partial charge in [-0.05, 0) is 5.16 Å². The molecule has 0 aliphatic carbocycles. The Kier molecular flexibility index (Phi) is 2.36. The summed E-state index contributed by atoms with van der Waals surface area (Å²) in [7, 11) is 0. The van der Waals surface area contributed by atoms with Crippen molar-refractivity contribution in [1.29, 1.82) is 0 Å². The molecule has 12 heavy (non-hydrogen) atoms. The highest BCUT2D eigenvalue weighted by Gasteiger charge is 2.08. The van der Waals surface area contributed by atoms with Crippen molar-refractivity contribution in [3.8, 4) is 0 Å². The van der Waals surface area contributed by atoms with Crippen LogP contribution in [0.4, 0.5) is 5.95 Å². The molecular weight excluding hydrogens is 166 g/mol. The molecule has 0 unspecified atom stereocenters. The normalized spacial score (nSPS) is 9.33. The molecule has 1 aromatic rings. The molecule has 7 nitrogen and oxygen atoms in total. The van der Waals surface area contributed by atoms with Crippen LogP contribution in [0.2, 0.25) is 0 Å². The fourth-order valence-corrected chi connectivity index (χ4v) is 0.567. The van der Waals surface area contributed by atoms with E-state index < -0.39 is 5.97 Å². The number of carboxylic acid groups (broad SMARTS) is 1. The Hall–Kier alpha value is -1.92. The topological polar surface area (TPSA) is 105 Å². The minimum Gasteiger partial charge on any atom is -0.481 e. The number of carbonyl (C=O) groups is 2. The largest absolute Gasteiger partial charge is 0.481 e. The van der Waals surface area contributed by atoms with Gasteiger partial charge in [0.15, 0.2) is 0 Å². The van der Waals surface area contributed by atoms with Crippen LogP contribution in [0.15, 0.2) is 4.52 Å². The van der Waals surface area contributed by atoms with Crippen LogP contribution in [-0.2, 0) is 16.0 Å². The van der Waals surface area contributed by atoms with Crippen molar-refractivity contribution in [2.45, 2.75) is 6.42 Å².